The van der Waals surface area contributed by atoms with Crippen molar-refractivity contribution in [1.82, 2.24) is 5.32 Å². The lowest BCUT2D eigenvalue weighted by Gasteiger charge is -2.34. The maximum atomic E-state index is 10.8. The fourth-order valence-electron chi connectivity index (χ4n) is 2.40. The van der Waals surface area contributed by atoms with Gasteiger partial charge in [-0.3, -0.25) is 4.79 Å². The number of rotatable bonds is 8. The van der Waals surface area contributed by atoms with E-state index >= 15 is 0 Å². The molecule has 106 valence electrons. The van der Waals surface area contributed by atoms with E-state index in [1.165, 1.54) is 0 Å². The number of carboxylic acid groups (broad SMARTS) is 1. The molecule has 5 nitrogen and oxygen atoms in total. The first-order valence-corrected chi connectivity index (χ1v) is 6.72. The Bertz CT molecular complexity index is 249. The standard InChI is InChI=1S/C13H25NO4/c1-18-9-3-2-8-14-10-13(17)6-4-11(5-7-13)12(15)16/h11,14,17H,2-10H2,1H3,(H,15,16). The summed E-state index contributed by atoms with van der Waals surface area (Å²) in [6, 6.07) is 0. The van der Waals surface area contributed by atoms with Gasteiger partial charge in [-0.15, -0.1) is 0 Å². The van der Waals surface area contributed by atoms with E-state index in [0.29, 0.717) is 32.2 Å². The van der Waals surface area contributed by atoms with Crippen LogP contribution in [0.1, 0.15) is 38.5 Å². The molecule has 0 heterocycles. The monoisotopic (exact) mass is 259 g/mol. The lowest BCUT2D eigenvalue weighted by molar-refractivity contribution is -0.144. The summed E-state index contributed by atoms with van der Waals surface area (Å²) in [7, 11) is 1.69. The first kappa shape index (κ1) is 15.4. The van der Waals surface area contributed by atoms with Crippen molar-refractivity contribution >= 4 is 5.97 Å². The normalized spacial score (nSPS) is 28.2. The molecule has 0 aliphatic heterocycles. The van der Waals surface area contributed by atoms with Gasteiger partial charge in [-0.2, -0.15) is 0 Å². The number of hydrogen-bond acceptors (Lipinski definition) is 4. The van der Waals surface area contributed by atoms with E-state index in [9.17, 15) is 9.90 Å². The number of ether oxygens (including phenoxy) is 1. The van der Waals surface area contributed by atoms with Crippen LogP contribution in [0.25, 0.3) is 0 Å². The minimum atomic E-state index is -0.732. The smallest absolute Gasteiger partial charge is 0.306 e. The Morgan fingerprint density at radius 3 is 2.61 bits per heavy atom. The molecule has 1 aliphatic carbocycles. The van der Waals surface area contributed by atoms with Crippen molar-refractivity contribution in [3.63, 3.8) is 0 Å². The van der Waals surface area contributed by atoms with Gasteiger partial charge in [0.2, 0.25) is 0 Å². The van der Waals surface area contributed by atoms with Crippen LogP contribution in [0.4, 0.5) is 0 Å². The van der Waals surface area contributed by atoms with Gasteiger partial charge in [-0.05, 0) is 45.1 Å². The molecule has 0 radical (unpaired) electrons. The van der Waals surface area contributed by atoms with E-state index in [0.717, 1.165) is 26.0 Å². The van der Waals surface area contributed by atoms with Gasteiger partial charge in [-0.1, -0.05) is 0 Å². The predicted octanol–water partition coefficient (Wildman–Crippen LogP) is 1.01. The van der Waals surface area contributed by atoms with Gasteiger partial charge >= 0.3 is 5.97 Å². The number of hydrogen-bond donors (Lipinski definition) is 3. The van der Waals surface area contributed by atoms with Gasteiger partial charge in [0, 0.05) is 20.3 Å². The minimum Gasteiger partial charge on any atom is -0.481 e. The van der Waals surface area contributed by atoms with Crippen LogP contribution >= 0.6 is 0 Å². The summed E-state index contributed by atoms with van der Waals surface area (Å²) in [5.41, 5.74) is -0.715. The van der Waals surface area contributed by atoms with E-state index in [1.54, 1.807) is 7.11 Å². The Morgan fingerprint density at radius 1 is 1.39 bits per heavy atom. The summed E-state index contributed by atoms with van der Waals surface area (Å²) in [6.45, 7) is 2.20. The second-order valence-corrected chi connectivity index (χ2v) is 5.21. The minimum absolute atomic E-state index is 0.271. The molecular formula is C13H25NO4. The molecule has 0 aromatic rings. The molecule has 0 saturated heterocycles. The number of carbonyl (C=O) groups is 1. The Hall–Kier alpha value is -0.650. The number of aliphatic carboxylic acids is 1. The van der Waals surface area contributed by atoms with Gasteiger partial charge < -0.3 is 20.3 Å². The predicted molar refractivity (Wildman–Crippen MR) is 68.5 cm³/mol. The lowest BCUT2D eigenvalue weighted by Crippen LogP contribution is -2.44. The van der Waals surface area contributed by atoms with Crippen LogP contribution in [-0.4, -0.2) is 48.6 Å². The van der Waals surface area contributed by atoms with Crippen LogP contribution in [0, 0.1) is 5.92 Å². The van der Waals surface area contributed by atoms with E-state index in [4.69, 9.17) is 9.84 Å². The number of nitrogens with one attached hydrogen (secondary N) is 1. The Balaban J connectivity index is 2.12. The number of unbranched alkanes of at least 4 members (excludes halogenated alkanes) is 1. The molecule has 5 heteroatoms. The first-order chi connectivity index (χ1) is 8.57. The largest absolute Gasteiger partial charge is 0.481 e. The molecular weight excluding hydrogens is 234 g/mol. The topological polar surface area (TPSA) is 78.8 Å². The van der Waals surface area contributed by atoms with Crippen molar-refractivity contribution in [2.75, 3.05) is 26.8 Å². The quantitative estimate of drug-likeness (QED) is 0.567. The second-order valence-electron chi connectivity index (χ2n) is 5.21. The molecule has 0 bridgehead atoms. The fraction of sp³-hybridized carbons (Fsp3) is 0.923. The third kappa shape index (κ3) is 5.33. The van der Waals surface area contributed by atoms with E-state index < -0.39 is 11.6 Å². The van der Waals surface area contributed by atoms with Crippen molar-refractivity contribution in [3.05, 3.63) is 0 Å². The summed E-state index contributed by atoms with van der Waals surface area (Å²) < 4.78 is 4.96. The Kier molecular flexibility index (Phi) is 6.60. The molecule has 3 N–H and O–H groups in total. The highest BCUT2D eigenvalue weighted by Crippen LogP contribution is 2.31. The average molecular weight is 259 g/mol. The van der Waals surface area contributed by atoms with Crippen LogP contribution < -0.4 is 5.32 Å². The summed E-state index contributed by atoms with van der Waals surface area (Å²) in [4.78, 5) is 10.8. The number of carboxylic acids is 1. The molecule has 0 aromatic carbocycles. The molecule has 18 heavy (non-hydrogen) atoms. The van der Waals surface area contributed by atoms with Crippen LogP contribution in [0.2, 0.25) is 0 Å². The highest BCUT2D eigenvalue weighted by Gasteiger charge is 2.35. The van der Waals surface area contributed by atoms with Gasteiger partial charge in [0.15, 0.2) is 0 Å². The van der Waals surface area contributed by atoms with E-state index in [-0.39, 0.29) is 5.92 Å². The Morgan fingerprint density at radius 2 is 2.06 bits per heavy atom. The van der Waals surface area contributed by atoms with Gasteiger partial charge in [0.25, 0.3) is 0 Å². The average Bonchev–Trinajstić information content (AvgIpc) is 2.34. The summed E-state index contributed by atoms with van der Waals surface area (Å²) in [5, 5.41) is 22.4. The van der Waals surface area contributed by atoms with Crippen LogP contribution in [0.5, 0.6) is 0 Å². The fourth-order valence-corrected chi connectivity index (χ4v) is 2.40. The van der Waals surface area contributed by atoms with Gasteiger partial charge in [-0.25, -0.2) is 0 Å². The van der Waals surface area contributed by atoms with E-state index in [2.05, 4.69) is 5.32 Å². The molecule has 1 aliphatic rings. The maximum absolute atomic E-state index is 10.8. The van der Waals surface area contributed by atoms with Gasteiger partial charge in [0.05, 0.1) is 11.5 Å². The zero-order chi connectivity index (χ0) is 13.4. The molecule has 1 rings (SSSR count). The van der Waals surface area contributed by atoms with Crippen LogP contribution in [0.3, 0.4) is 0 Å². The van der Waals surface area contributed by atoms with Crippen molar-refractivity contribution < 1.29 is 19.7 Å². The molecule has 0 atom stereocenters. The molecule has 1 saturated carbocycles. The third-order valence-electron chi connectivity index (χ3n) is 3.67. The molecule has 1 fully saturated rings. The van der Waals surface area contributed by atoms with Crippen molar-refractivity contribution in [3.8, 4) is 0 Å². The molecule has 0 unspecified atom stereocenters. The molecule has 0 spiro atoms. The number of aliphatic hydroxyl groups is 1. The Labute approximate surface area is 109 Å². The summed E-state index contributed by atoms with van der Waals surface area (Å²) >= 11 is 0. The zero-order valence-corrected chi connectivity index (χ0v) is 11.2. The third-order valence-corrected chi connectivity index (χ3v) is 3.67. The number of methoxy groups -OCH3 is 1. The van der Waals surface area contributed by atoms with Gasteiger partial charge in [0.1, 0.15) is 0 Å². The summed E-state index contributed by atoms with van der Waals surface area (Å²) in [6.07, 6.45) is 4.36. The first-order valence-electron chi connectivity index (χ1n) is 6.72. The SMILES string of the molecule is COCCCCNCC1(O)CCC(C(=O)O)CC1. The zero-order valence-electron chi connectivity index (χ0n) is 11.2. The second kappa shape index (κ2) is 7.71. The van der Waals surface area contributed by atoms with E-state index in [1.807, 2.05) is 0 Å². The maximum Gasteiger partial charge on any atom is 0.306 e. The lowest BCUT2D eigenvalue weighted by atomic mass is 9.79. The molecule has 0 amide bonds. The van der Waals surface area contributed by atoms with Crippen molar-refractivity contribution in [1.29, 1.82) is 0 Å². The van der Waals surface area contributed by atoms with Crippen molar-refractivity contribution in [2.45, 2.75) is 44.1 Å². The molecule has 0 aromatic heterocycles. The van der Waals surface area contributed by atoms with Crippen LogP contribution in [-0.2, 0) is 9.53 Å². The highest BCUT2D eigenvalue weighted by atomic mass is 16.5. The highest BCUT2D eigenvalue weighted by molar-refractivity contribution is 5.70. The van der Waals surface area contributed by atoms with Crippen molar-refractivity contribution in [2.24, 2.45) is 5.92 Å². The van der Waals surface area contributed by atoms with Crippen LogP contribution in [0.15, 0.2) is 0 Å². The summed E-state index contributed by atoms with van der Waals surface area (Å²) in [5.74, 6) is -1.00.